The smallest absolute Gasteiger partial charge is 0.224 e. The fourth-order valence-corrected chi connectivity index (χ4v) is 2.07. The number of benzene rings is 1. The number of carbonyl (C=O) groups excluding carboxylic acids is 1. The van der Waals surface area contributed by atoms with E-state index in [4.69, 9.17) is 5.11 Å². The van der Waals surface area contributed by atoms with Crippen molar-refractivity contribution in [2.45, 2.75) is 32.1 Å². The first-order chi connectivity index (χ1) is 9.28. The number of amides is 1. The maximum Gasteiger partial charge on any atom is 0.224 e. The molecule has 0 heterocycles. The summed E-state index contributed by atoms with van der Waals surface area (Å²) in [5, 5.41) is 11.6. The molecule has 1 saturated carbocycles. The lowest BCUT2D eigenvalue weighted by molar-refractivity contribution is -0.117. The third-order valence-electron chi connectivity index (χ3n) is 3.31. The highest BCUT2D eigenvalue weighted by Gasteiger charge is 2.20. The Morgan fingerprint density at radius 1 is 1.42 bits per heavy atom. The summed E-state index contributed by atoms with van der Waals surface area (Å²) in [6.45, 7) is 0.0742. The molecule has 1 aromatic carbocycles. The quantitative estimate of drug-likeness (QED) is 0.814. The van der Waals surface area contributed by atoms with Crippen LogP contribution < -0.4 is 5.32 Å². The fraction of sp³-hybridized carbons (Fsp3) is 0.438. The van der Waals surface area contributed by atoms with Crippen LogP contribution in [0.4, 0.5) is 5.69 Å². The van der Waals surface area contributed by atoms with Crippen molar-refractivity contribution >= 4 is 11.6 Å². The van der Waals surface area contributed by atoms with E-state index in [0.29, 0.717) is 18.8 Å². The average molecular weight is 257 g/mol. The summed E-state index contributed by atoms with van der Waals surface area (Å²) in [5.74, 6) is 6.50. The van der Waals surface area contributed by atoms with E-state index in [2.05, 4.69) is 17.2 Å². The molecule has 1 aliphatic rings. The number of nitrogens with one attached hydrogen (secondary N) is 1. The van der Waals surface area contributed by atoms with Crippen molar-refractivity contribution in [1.29, 1.82) is 0 Å². The molecule has 1 aliphatic carbocycles. The van der Waals surface area contributed by atoms with Gasteiger partial charge >= 0.3 is 0 Å². The summed E-state index contributed by atoms with van der Waals surface area (Å²) >= 11 is 0. The minimum Gasteiger partial charge on any atom is -0.395 e. The Hall–Kier alpha value is -1.79. The van der Waals surface area contributed by atoms with E-state index in [1.165, 1.54) is 19.3 Å². The topological polar surface area (TPSA) is 49.3 Å². The Kier molecular flexibility index (Phi) is 5.00. The van der Waals surface area contributed by atoms with Crippen LogP contribution >= 0.6 is 0 Å². The van der Waals surface area contributed by atoms with Gasteiger partial charge < -0.3 is 10.4 Å². The van der Waals surface area contributed by atoms with Crippen LogP contribution in [0.1, 0.15) is 37.7 Å². The average Bonchev–Trinajstić information content (AvgIpc) is 2.35. The largest absolute Gasteiger partial charge is 0.395 e. The molecule has 0 saturated heterocycles. The van der Waals surface area contributed by atoms with Crippen LogP contribution in [0, 0.1) is 17.8 Å². The summed E-state index contributed by atoms with van der Waals surface area (Å²) < 4.78 is 0. The molecule has 3 nitrogen and oxygen atoms in total. The molecule has 1 aromatic rings. The Balaban J connectivity index is 1.91. The van der Waals surface area contributed by atoms with Gasteiger partial charge in [0, 0.05) is 24.1 Å². The van der Waals surface area contributed by atoms with Crippen molar-refractivity contribution in [2.24, 2.45) is 5.92 Å². The standard InChI is InChI=1S/C16H19NO2/c18-10-2-1-5-13-8-4-9-15(11-13)17-16(19)12-14-6-3-7-14/h4,8-9,11,14,18H,2-3,6-7,10,12H2,(H,17,19). The maximum atomic E-state index is 11.8. The Morgan fingerprint density at radius 2 is 2.26 bits per heavy atom. The van der Waals surface area contributed by atoms with E-state index in [1.807, 2.05) is 24.3 Å². The van der Waals surface area contributed by atoms with Crippen molar-refractivity contribution in [2.75, 3.05) is 11.9 Å². The number of carbonyl (C=O) groups is 1. The van der Waals surface area contributed by atoms with Gasteiger partial charge in [0.25, 0.3) is 0 Å². The second-order valence-electron chi connectivity index (χ2n) is 4.91. The van der Waals surface area contributed by atoms with Crippen molar-refractivity contribution in [3.05, 3.63) is 29.8 Å². The highest BCUT2D eigenvalue weighted by Crippen LogP contribution is 2.29. The lowest BCUT2D eigenvalue weighted by Crippen LogP contribution is -2.20. The van der Waals surface area contributed by atoms with Crippen molar-refractivity contribution in [3.63, 3.8) is 0 Å². The summed E-state index contributed by atoms with van der Waals surface area (Å²) in [6.07, 6.45) is 4.72. The predicted molar refractivity (Wildman–Crippen MR) is 75.6 cm³/mol. The Bertz CT molecular complexity index is 495. The minimum atomic E-state index is 0.0742. The second kappa shape index (κ2) is 6.96. The lowest BCUT2D eigenvalue weighted by Gasteiger charge is -2.24. The Labute approximate surface area is 114 Å². The van der Waals surface area contributed by atoms with Gasteiger partial charge in [0.05, 0.1) is 6.61 Å². The molecule has 100 valence electrons. The zero-order valence-corrected chi connectivity index (χ0v) is 11.0. The minimum absolute atomic E-state index is 0.0742. The van der Waals surface area contributed by atoms with Gasteiger partial charge in [-0.05, 0) is 37.0 Å². The first kappa shape index (κ1) is 13.6. The highest BCUT2D eigenvalue weighted by atomic mass is 16.2. The molecule has 3 heteroatoms. The van der Waals surface area contributed by atoms with Gasteiger partial charge in [0.2, 0.25) is 5.91 Å². The van der Waals surface area contributed by atoms with Gasteiger partial charge in [-0.15, -0.1) is 0 Å². The second-order valence-corrected chi connectivity index (χ2v) is 4.91. The number of aliphatic hydroxyl groups is 1. The molecule has 0 unspecified atom stereocenters. The molecule has 1 amide bonds. The molecule has 0 spiro atoms. The molecular formula is C16H19NO2. The van der Waals surface area contributed by atoms with Crippen LogP contribution in [-0.4, -0.2) is 17.6 Å². The first-order valence-electron chi connectivity index (χ1n) is 6.77. The van der Waals surface area contributed by atoms with Gasteiger partial charge in [0.1, 0.15) is 0 Å². The predicted octanol–water partition coefficient (Wildman–Crippen LogP) is 2.55. The fourth-order valence-electron chi connectivity index (χ4n) is 2.07. The van der Waals surface area contributed by atoms with Gasteiger partial charge in [-0.2, -0.15) is 0 Å². The SMILES string of the molecule is O=C(CC1CCC1)Nc1cccc(C#CCCO)c1. The van der Waals surface area contributed by atoms with Gasteiger partial charge in [0.15, 0.2) is 0 Å². The molecule has 0 bridgehead atoms. The molecular weight excluding hydrogens is 238 g/mol. The monoisotopic (exact) mass is 257 g/mol. The van der Waals surface area contributed by atoms with Crippen molar-refractivity contribution < 1.29 is 9.90 Å². The van der Waals surface area contributed by atoms with Gasteiger partial charge in [-0.1, -0.05) is 24.3 Å². The zero-order chi connectivity index (χ0) is 13.5. The van der Waals surface area contributed by atoms with E-state index in [0.717, 1.165) is 11.3 Å². The number of anilines is 1. The molecule has 0 radical (unpaired) electrons. The number of rotatable bonds is 4. The molecule has 19 heavy (non-hydrogen) atoms. The highest BCUT2D eigenvalue weighted by molar-refractivity contribution is 5.91. The third-order valence-corrected chi connectivity index (χ3v) is 3.31. The van der Waals surface area contributed by atoms with E-state index in [1.54, 1.807) is 0 Å². The van der Waals surface area contributed by atoms with E-state index in [-0.39, 0.29) is 12.5 Å². The van der Waals surface area contributed by atoms with Crippen LogP contribution in [0.2, 0.25) is 0 Å². The molecule has 0 atom stereocenters. The zero-order valence-electron chi connectivity index (χ0n) is 11.0. The normalized spacial score (nSPS) is 14.2. The van der Waals surface area contributed by atoms with E-state index in [9.17, 15) is 4.79 Å². The molecule has 2 rings (SSSR count). The van der Waals surface area contributed by atoms with Crippen LogP contribution in [0.5, 0.6) is 0 Å². The molecule has 2 N–H and O–H groups in total. The summed E-state index contributed by atoms with van der Waals surface area (Å²) in [6, 6.07) is 7.51. The van der Waals surface area contributed by atoms with Crippen molar-refractivity contribution in [3.8, 4) is 11.8 Å². The third kappa shape index (κ3) is 4.42. The van der Waals surface area contributed by atoms with Crippen LogP contribution in [0.25, 0.3) is 0 Å². The number of hydrogen-bond acceptors (Lipinski definition) is 2. The molecule has 0 aromatic heterocycles. The van der Waals surface area contributed by atoms with Gasteiger partial charge in [-0.25, -0.2) is 0 Å². The summed E-state index contributed by atoms with van der Waals surface area (Å²) in [7, 11) is 0. The lowest BCUT2D eigenvalue weighted by atomic mass is 9.83. The van der Waals surface area contributed by atoms with E-state index < -0.39 is 0 Å². The van der Waals surface area contributed by atoms with E-state index >= 15 is 0 Å². The maximum absolute atomic E-state index is 11.8. The number of hydrogen-bond donors (Lipinski definition) is 2. The number of aliphatic hydroxyl groups excluding tert-OH is 1. The summed E-state index contributed by atoms with van der Waals surface area (Å²) in [4.78, 5) is 11.8. The molecule has 0 aliphatic heterocycles. The first-order valence-corrected chi connectivity index (χ1v) is 6.77. The molecule has 1 fully saturated rings. The van der Waals surface area contributed by atoms with Crippen LogP contribution in [0.3, 0.4) is 0 Å². The van der Waals surface area contributed by atoms with Crippen LogP contribution in [-0.2, 0) is 4.79 Å². The van der Waals surface area contributed by atoms with Gasteiger partial charge in [-0.3, -0.25) is 4.79 Å². The van der Waals surface area contributed by atoms with Crippen LogP contribution in [0.15, 0.2) is 24.3 Å². The Morgan fingerprint density at radius 3 is 2.95 bits per heavy atom. The van der Waals surface area contributed by atoms with Crippen molar-refractivity contribution in [1.82, 2.24) is 0 Å². The summed E-state index contributed by atoms with van der Waals surface area (Å²) in [5.41, 5.74) is 1.65.